The number of aromatic nitrogens is 2. The van der Waals surface area contributed by atoms with E-state index in [9.17, 15) is 0 Å². The molecule has 4 heteroatoms. The average molecular weight is 225 g/mol. The summed E-state index contributed by atoms with van der Waals surface area (Å²) in [5.41, 5.74) is 0. The highest BCUT2D eigenvalue weighted by Gasteiger charge is 2.06. The molecule has 1 heterocycles. The van der Waals surface area contributed by atoms with Gasteiger partial charge in [-0.2, -0.15) is 0 Å². The van der Waals surface area contributed by atoms with Crippen LogP contribution in [-0.2, 0) is 12.8 Å². The second-order valence-corrected chi connectivity index (χ2v) is 4.48. The van der Waals surface area contributed by atoms with Crippen LogP contribution in [0.25, 0.3) is 0 Å². The number of rotatable bonds is 8. The summed E-state index contributed by atoms with van der Waals surface area (Å²) in [6, 6.07) is 0. The van der Waals surface area contributed by atoms with Gasteiger partial charge in [-0.3, -0.25) is 0 Å². The minimum absolute atomic E-state index is 0.684. The maximum Gasteiger partial charge on any atom is 0.216 e. The zero-order chi connectivity index (χ0) is 11.8. The fourth-order valence-electron chi connectivity index (χ4n) is 1.44. The van der Waals surface area contributed by atoms with E-state index in [-0.39, 0.29) is 0 Å². The van der Waals surface area contributed by atoms with E-state index in [2.05, 4.69) is 36.3 Å². The summed E-state index contributed by atoms with van der Waals surface area (Å²) in [5, 5.41) is 11.4. The third-order valence-corrected chi connectivity index (χ3v) is 2.44. The molecule has 0 bridgehead atoms. The fourth-order valence-corrected chi connectivity index (χ4v) is 1.44. The lowest BCUT2D eigenvalue weighted by atomic mass is 10.1. The Morgan fingerprint density at radius 2 is 1.88 bits per heavy atom. The SMILES string of the molecule is CCNCCCc1nnc(CCC(C)C)o1. The van der Waals surface area contributed by atoms with Crippen molar-refractivity contribution in [3.05, 3.63) is 11.8 Å². The quantitative estimate of drug-likeness (QED) is 0.689. The van der Waals surface area contributed by atoms with Crippen LogP contribution in [0.5, 0.6) is 0 Å². The van der Waals surface area contributed by atoms with E-state index in [0.717, 1.165) is 50.6 Å². The Labute approximate surface area is 97.8 Å². The van der Waals surface area contributed by atoms with Crippen molar-refractivity contribution in [3.63, 3.8) is 0 Å². The molecule has 1 N–H and O–H groups in total. The van der Waals surface area contributed by atoms with Crippen LogP contribution in [-0.4, -0.2) is 23.3 Å². The van der Waals surface area contributed by atoms with E-state index in [1.807, 2.05) is 0 Å². The number of hydrogen-bond acceptors (Lipinski definition) is 4. The third-order valence-electron chi connectivity index (χ3n) is 2.44. The van der Waals surface area contributed by atoms with Crippen molar-refractivity contribution in [2.75, 3.05) is 13.1 Å². The van der Waals surface area contributed by atoms with E-state index in [0.29, 0.717) is 5.92 Å². The molecule has 0 radical (unpaired) electrons. The highest BCUT2D eigenvalue weighted by Crippen LogP contribution is 2.08. The molecule has 0 aliphatic rings. The molecular weight excluding hydrogens is 202 g/mol. The molecule has 92 valence electrons. The monoisotopic (exact) mass is 225 g/mol. The number of hydrogen-bond donors (Lipinski definition) is 1. The van der Waals surface area contributed by atoms with Gasteiger partial charge in [0.25, 0.3) is 0 Å². The topological polar surface area (TPSA) is 51.0 Å². The Kier molecular flexibility index (Phi) is 6.08. The van der Waals surface area contributed by atoms with Crippen LogP contribution in [0.3, 0.4) is 0 Å². The lowest BCUT2D eigenvalue weighted by Crippen LogP contribution is -2.14. The Morgan fingerprint density at radius 3 is 2.50 bits per heavy atom. The molecule has 0 unspecified atom stereocenters. The van der Waals surface area contributed by atoms with Crippen molar-refractivity contribution in [3.8, 4) is 0 Å². The minimum Gasteiger partial charge on any atom is -0.425 e. The van der Waals surface area contributed by atoms with Gasteiger partial charge in [0, 0.05) is 12.8 Å². The predicted octanol–water partition coefficient (Wildman–Crippen LogP) is 2.20. The number of nitrogens with one attached hydrogen (secondary N) is 1. The first-order valence-corrected chi connectivity index (χ1v) is 6.24. The zero-order valence-electron chi connectivity index (χ0n) is 10.6. The number of nitrogens with zero attached hydrogens (tertiary/aromatic N) is 2. The van der Waals surface area contributed by atoms with Crippen molar-refractivity contribution in [1.82, 2.24) is 15.5 Å². The summed E-state index contributed by atoms with van der Waals surface area (Å²) in [6.07, 6.45) is 3.94. The molecule has 0 aliphatic heterocycles. The van der Waals surface area contributed by atoms with E-state index in [4.69, 9.17) is 4.42 Å². The molecule has 0 aromatic carbocycles. The molecule has 1 aromatic rings. The second kappa shape index (κ2) is 7.39. The van der Waals surface area contributed by atoms with Gasteiger partial charge in [0.2, 0.25) is 11.8 Å². The van der Waals surface area contributed by atoms with Gasteiger partial charge in [-0.25, -0.2) is 0 Å². The van der Waals surface area contributed by atoms with Gasteiger partial charge < -0.3 is 9.73 Å². The Bertz CT molecular complexity index is 284. The Hall–Kier alpha value is -0.900. The second-order valence-electron chi connectivity index (χ2n) is 4.48. The van der Waals surface area contributed by atoms with Crippen LogP contribution in [0.1, 0.15) is 45.4 Å². The van der Waals surface area contributed by atoms with Gasteiger partial charge >= 0.3 is 0 Å². The molecule has 0 atom stereocenters. The van der Waals surface area contributed by atoms with Gasteiger partial charge in [-0.05, 0) is 31.8 Å². The zero-order valence-corrected chi connectivity index (χ0v) is 10.6. The molecule has 0 saturated carbocycles. The maximum absolute atomic E-state index is 5.56. The fraction of sp³-hybridized carbons (Fsp3) is 0.833. The maximum atomic E-state index is 5.56. The van der Waals surface area contributed by atoms with E-state index in [1.165, 1.54) is 0 Å². The van der Waals surface area contributed by atoms with E-state index < -0.39 is 0 Å². The number of aryl methyl sites for hydroxylation is 2. The summed E-state index contributed by atoms with van der Waals surface area (Å²) in [6.45, 7) is 8.54. The lowest BCUT2D eigenvalue weighted by molar-refractivity contribution is 0.425. The summed E-state index contributed by atoms with van der Waals surface area (Å²) < 4.78 is 5.56. The highest BCUT2D eigenvalue weighted by molar-refractivity contribution is 4.82. The molecular formula is C12H23N3O. The summed E-state index contributed by atoms with van der Waals surface area (Å²) in [4.78, 5) is 0. The standard InChI is InChI=1S/C12H23N3O/c1-4-13-9-5-6-11-14-15-12(16-11)8-7-10(2)3/h10,13H,4-9H2,1-3H3. The van der Waals surface area contributed by atoms with Gasteiger partial charge in [0.05, 0.1) is 0 Å². The van der Waals surface area contributed by atoms with Crippen molar-refractivity contribution < 1.29 is 4.42 Å². The molecule has 1 aromatic heterocycles. The predicted molar refractivity (Wildman–Crippen MR) is 64.3 cm³/mol. The van der Waals surface area contributed by atoms with Crippen molar-refractivity contribution >= 4 is 0 Å². The van der Waals surface area contributed by atoms with Gasteiger partial charge in [0.1, 0.15) is 0 Å². The summed E-state index contributed by atoms with van der Waals surface area (Å²) in [7, 11) is 0. The van der Waals surface area contributed by atoms with Crippen molar-refractivity contribution in [2.45, 2.75) is 46.5 Å². The molecule has 0 aliphatic carbocycles. The lowest BCUT2D eigenvalue weighted by Gasteiger charge is -1.99. The van der Waals surface area contributed by atoms with Crippen LogP contribution in [0, 0.1) is 5.92 Å². The average Bonchev–Trinajstić information content (AvgIpc) is 2.70. The van der Waals surface area contributed by atoms with Crippen LogP contribution >= 0.6 is 0 Å². The molecule has 4 nitrogen and oxygen atoms in total. The highest BCUT2D eigenvalue weighted by atomic mass is 16.4. The van der Waals surface area contributed by atoms with Crippen molar-refractivity contribution in [1.29, 1.82) is 0 Å². The first kappa shape index (κ1) is 13.2. The van der Waals surface area contributed by atoms with E-state index >= 15 is 0 Å². The summed E-state index contributed by atoms with van der Waals surface area (Å²) >= 11 is 0. The Balaban J connectivity index is 2.22. The molecule has 0 saturated heterocycles. The molecule has 1 rings (SSSR count). The normalized spacial score (nSPS) is 11.2. The van der Waals surface area contributed by atoms with Crippen molar-refractivity contribution in [2.24, 2.45) is 5.92 Å². The smallest absolute Gasteiger partial charge is 0.216 e. The summed E-state index contributed by atoms with van der Waals surface area (Å²) in [5.74, 6) is 2.24. The minimum atomic E-state index is 0.684. The first-order valence-electron chi connectivity index (χ1n) is 6.24. The van der Waals surface area contributed by atoms with Gasteiger partial charge in [0.15, 0.2) is 0 Å². The Morgan fingerprint density at radius 1 is 1.19 bits per heavy atom. The molecule has 0 fully saturated rings. The van der Waals surface area contributed by atoms with Crippen LogP contribution in [0.2, 0.25) is 0 Å². The van der Waals surface area contributed by atoms with Gasteiger partial charge in [-0.1, -0.05) is 20.8 Å². The molecule has 16 heavy (non-hydrogen) atoms. The van der Waals surface area contributed by atoms with Crippen LogP contribution in [0.4, 0.5) is 0 Å². The third kappa shape index (κ3) is 5.26. The largest absolute Gasteiger partial charge is 0.425 e. The van der Waals surface area contributed by atoms with Crippen LogP contribution < -0.4 is 5.32 Å². The first-order chi connectivity index (χ1) is 7.72. The molecule has 0 amide bonds. The molecule has 0 spiro atoms. The van der Waals surface area contributed by atoms with E-state index in [1.54, 1.807) is 0 Å². The van der Waals surface area contributed by atoms with Gasteiger partial charge in [-0.15, -0.1) is 10.2 Å². The van der Waals surface area contributed by atoms with Crippen LogP contribution in [0.15, 0.2) is 4.42 Å².